The molecule has 3 nitrogen and oxygen atoms in total. The molecule has 0 saturated carbocycles. The van der Waals surface area contributed by atoms with Crippen LogP contribution in [0.15, 0.2) is 221 Å². The highest BCUT2D eigenvalue weighted by atomic mass is 16.3. The van der Waals surface area contributed by atoms with Gasteiger partial charge >= 0.3 is 0 Å². The van der Waals surface area contributed by atoms with Crippen LogP contribution in [0.1, 0.15) is 0 Å². The number of furan rings is 2. The van der Waals surface area contributed by atoms with Crippen molar-refractivity contribution in [3.05, 3.63) is 212 Å². The van der Waals surface area contributed by atoms with Gasteiger partial charge in [0.1, 0.15) is 22.3 Å². The third-order valence-electron chi connectivity index (χ3n) is 11.1. The summed E-state index contributed by atoms with van der Waals surface area (Å²) >= 11 is 0. The SMILES string of the molecule is c1ccc(-c2ccc(N(c3ccc4c(c3)oc3ccccc34)c3ccccc3-c3cc(-c4ccccc4)ccc3-c3cccc4oc5ccccc5c34)cc2)cc1. The van der Waals surface area contributed by atoms with Crippen LogP contribution in [-0.4, -0.2) is 0 Å². The fourth-order valence-corrected chi connectivity index (χ4v) is 8.42. The van der Waals surface area contributed by atoms with Crippen molar-refractivity contribution >= 4 is 60.9 Å². The largest absolute Gasteiger partial charge is 0.456 e. The number of fused-ring (bicyclic) bond motifs is 6. The van der Waals surface area contributed by atoms with Gasteiger partial charge in [-0.1, -0.05) is 152 Å². The molecule has 0 aliphatic carbocycles. The minimum absolute atomic E-state index is 0.849. The third-order valence-corrected chi connectivity index (χ3v) is 11.1. The molecule has 0 aliphatic rings. The molecule has 9 aromatic carbocycles. The zero-order valence-corrected chi connectivity index (χ0v) is 31.0. The molecule has 0 bridgehead atoms. The molecule has 11 aromatic rings. The lowest BCUT2D eigenvalue weighted by Gasteiger charge is -2.29. The highest BCUT2D eigenvalue weighted by Gasteiger charge is 2.23. The number of nitrogens with zero attached hydrogens (tertiary/aromatic N) is 1. The molecule has 0 unspecified atom stereocenters. The Morgan fingerprint density at radius 1 is 0.281 bits per heavy atom. The van der Waals surface area contributed by atoms with Gasteiger partial charge in [0.15, 0.2) is 0 Å². The molecule has 2 aromatic heterocycles. The normalized spacial score (nSPS) is 11.5. The Hall–Kier alpha value is -7.62. The summed E-state index contributed by atoms with van der Waals surface area (Å²) < 4.78 is 12.9. The predicted molar refractivity (Wildman–Crippen MR) is 237 cm³/mol. The second-order valence-corrected chi connectivity index (χ2v) is 14.4. The summed E-state index contributed by atoms with van der Waals surface area (Å²) in [7, 11) is 0. The van der Waals surface area contributed by atoms with E-state index >= 15 is 0 Å². The summed E-state index contributed by atoms with van der Waals surface area (Å²) in [5, 5.41) is 4.43. The van der Waals surface area contributed by atoms with Crippen molar-refractivity contribution in [2.45, 2.75) is 0 Å². The topological polar surface area (TPSA) is 29.5 Å². The maximum absolute atomic E-state index is 6.48. The van der Waals surface area contributed by atoms with Gasteiger partial charge in [0.05, 0.1) is 5.69 Å². The minimum atomic E-state index is 0.849. The van der Waals surface area contributed by atoms with Crippen LogP contribution < -0.4 is 4.90 Å². The number of hydrogen-bond acceptors (Lipinski definition) is 3. The van der Waals surface area contributed by atoms with Crippen LogP contribution in [-0.2, 0) is 0 Å². The van der Waals surface area contributed by atoms with Crippen molar-refractivity contribution in [1.29, 1.82) is 0 Å². The number of hydrogen-bond donors (Lipinski definition) is 0. The Balaban J connectivity index is 1.16. The van der Waals surface area contributed by atoms with E-state index in [1.165, 1.54) is 16.7 Å². The van der Waals surface area contributed by atoms with Gasteiger partial charge in [-0.2, -0.15) is 0 Å². The van der Waals surface area contributed by atoms with E-state index in [4.69, 9.17) is 8.83 Å². The summed E-state index contributed by atoms with van der Waals surface area (Å²) in [6.07, 6.45) is 0. The fraction of sp³-hybridized carbons (Fsp3) is 0. The lowest BCUT2D eigenvalue weighted by molar-refractivity contribution is 0.668. The van der Waals surface area contributed by atoms with Crippen LogP contribution >= 0.6 is 0 Å². The van der Waals surface area contributed by atoms with E-state index in [9.17, 15) is 0 Å². The van der Waals surface area contributed by atoms with Gasteiger partial charge in [0, 0.05) is 44.5 Å². The first kappa shape index (κ1) is 32.8. The maximum atomic E-state index is 6.48. The van der Waals surface area contributed by atoms with Crippen LogP contribution in [0.4, 0.5) is 17.1 Å². The summed E-state index contributed by atoms with van der Waals surface area (Å²) in [5.41, 5.74) is 15.7. The molecule has 0 saturated heterocycles. The average molecular weight is 730 g/mol. The van der Waals surface area contributed by atoms with E-state index in [1.807, 2.05) is 24.3 Å². The van der Waals surface area contributed by atoms with Gasteiger partial charge < -0.3 is 13.7 Å². The number of benzene rings is 9. The van der Waals surface area contributed by atoms with Crippen LogP contribution in [0, 0.1) is 0 Å². The van der Waals surface area contributed by atoms with E-state index in [1.54, 1.807) is 0 Å². The molecule has 0 fully saturated rings. The molecule has 11 rings (SSSR count). The molecule has 0 amide bonds. The summed E-state index contributed by atoms with van der Waals surface area (Å²) in [6.45, 7) is 0. The lowest BCUT2D eigenvalue weighted by atomic mass is 9.88. The standard InChI is InChI=1S/C54H35NO2/c1-3-14-36(15-4-1)38-26-29-40(30-27-38)55(41-31-33-45-44-19-8-11-23-50(44)57-53(45)35-41)49-22-10-7-18-43(49)48-34-39(37-16-5-2-6-17-37)28-32-42(48)46-21-13-25-52-54(46)47-20-9-12-24-51(47)56-52/h1-35H. The Kier molecular flexibility index (Phi) is 7.82. The first-order valence-electron chi connectivity index (χ1n) is 19.3. The third kappa shape index (κ3) is 5.68. The van der Waals surface area contributed by atoms with Crippen molar-refractivity contribution in [2.24, 2.45) is 0 Å². The van der Waals surface area contributed by atoms with E-state index in [-0.39, 0.29) is 0 Å². The molecule has 0 spiro atoms. The van der Waals surface area contributed by atoms with E-state index < -0.39 is 0 Å². The van der Waals surface area contributed by atoms with Gasteiger partial charge in [-0.05, 0) is 93.5 Å². The number of anilines is 3. The first-order chi connectivity index (χ1) is 28.3. The molecule has 0 radical (unpaired) electrons. The Bertz CT molecular complexity index is 3230. The first-order valence-corrected chi connectivity index (χ1v) is 19.3. The molecule has 268 valence electrons. The molecule has 3 heteroatoms. The summed E-state index contributed by atoms with van der Waals surface area (Å²) in [5.74, 6) is 0. The van der Waals surface area contributed by atoms with Crippen LogP contribution in [0.5, 0.6) is 0 Å². The van der Waals surface area contributed by atoms with E-state index in [2.05, 4.69) is 193 Å². The molecule has 0 atom stereocenters. The molecular formula is C54H35NO2. The molecule has 2 heterocycles. The van der Waals surface area contributed by atoms with Crippen molar-refractivity contribution in [3.8, 4) is 44.5 Å². The minimum Gasteiger partial charge on any atom is -0.456 e. The average Bonchev–Trinajstić information content (AvgIpc) is 3.86. The Morgan fingerprint density at radius 3 is 1.61 bits per heavy atom. The number of rotatable bonds is 7. The summed E-state index contributed by atoms with van der Waals surface area (Å²) in [6, 6.07) is 75.2. The Labute approximate surface area is 330 Å². The quantitative estimate of drug-likeness (QED) is 0.164. The molecule has 57 heavy (non-hydrogen) atoms. The lowest BCUT2D eigenvalue weighted by Crippen LogP contribution is -2.11. The predicted octanol–water partition coefficient (Wildman–Crippen LogP) is 15.6. The van der Waals surface area contributed by atoms with Gasteiger partial charge in [0.25, 0.3) is 0 Å². The van der Waals surface area contributed by atoms with Gasteiger partial charge in [0.2, 0.25) is 0 Å². The highest BCUT2D eigenvalue weighted by molar-refractivity contribution is 6.14. The second kappa shape index (κ2) is 13.6. The number of para-hydroxylation sites is 3. The van der Waals surface area contributed by atoms with Crippen molar-refractivity contribution in [2.75, 3.05) is 4.90 Å². The second-order valence-electron chi connectivity index (χ2n) is 14.4. The summed E-state index contributed by atoms with van der Waals surface area (Å²) in [4.78, 5) is 2.36. The Morgan fingerprint density at radius 2 is 0.825 bits per heavy atom. The smallest absolute Gasteiger partial charge is 0.137 e. The van der Waals surface area contributed by atoms with Crippen molar-refractivity contribution in [3.63, 3.8) is 0 Å². The molecule has 0 N–H and O–H groups in total. The monoisotopic (exact) mass is 729 g/mol. The van der Waals surface area contributed by atoms with E-state index in [0.29, 0.717) is 0 Å². The van der Waals surface area contributed by atoms with Crippen molar-refractivity contribution < 1.29 is 8.83 Å². The van der Waals surface area contributed by atoms with Crippen LogP contribution in [0.3, 0.4) is 0 Å². The fourth-order valence-electron chi connectivity index (χ4n) is 8.42. The zero-order chi connectivity index (χ0) is 37.7. The van der Waals surface area contributed by atoms with Crippen molar-refractivity contribution in [1.82, 2.24) is 0 Å². The van der Waals surface area contributed by atoms with E-state index in [0.717, 1.165) is 88.8 Å². The molecule has 0 aliphatic heterocycles. The van der Waals surface area contributed by atoms with Crippen LogP contribution in [0.2, 0.25) is 0 Å². The van der Waals surface area contributed by atoms with Gasteiger partial charge in [-0.15, -0.1) is 0 Å². The maximum Gasteiger partial charge on any atom is 0.137 e. The van der Waals surface area contributed by atoms with Gasteiger partial charge in [-0.3, -0.25) is 0 Å². The van der Waals surface area contributed by atoms with Crippen LogP contribution in [0.25, 0.3) is 88.4 Å². The zero-order valence-electron chi connectivity index (χ0n) is 31.0. The molecular weight excluding hydrogens is 695 g/mol. The van der Waals surface area contributed by atoms with Gasteiger partial charge in [-0.25, -0.2) is 0 Å². The highest BCUT2D eigenvalue weighted by Crippen LogP contribution is 2.48.